The van der Waals surface area contributed by atoms with Gasteiger partial charge in [0, 0.05) is 0 Å². The number of fused-ring (bicyclic) bond motifs is 1. The van der Waals surface area contributed by atoms with Gasteiger partial charge < -0.3 is 0 Å². The monoisotopic (exact) mass is 449 g/mol. The molecule has 0 unspecified atom stereocenters. The van der Waals surface area contributed by atoms with Gasteiger partial charge in [0.15, 0.2) is 0 Å². The van der Waals surface area contributed by atoms with Gasteiger partial charge in [-0.05, 0) is 0 Å². The second-order valence-electron chi connectivity index (χ2n) is 3.62. The van der Waals surface area contributed by atoms with E-state index in [1.807, 2.05) is 16.6 Å². The first-order chi connectivity index (χ1) is 8.54. The summed E-state index contributed by atoms with van der Waals surface area (Å²) in [6, 6.07) is 0. The number of halogens is 1. The number of aromatic amines is 1. The van der Waals surface area contributed by atoms with Gasteiger partial charge >= 0.3 is 107 Å². The normalized spacial score (nSPS) is 14.6. The summed E-state index contributed by atoms with van der Waals surface area (Å²) in [6.07, 6.45) is 0. The zero-order valence-corrected chi connectivity index (χ0v) is 14.4. The van der Waals surface area contributed by atoms with Crippen molar-refractivity contribution in [2.24, 2.45) is 0 Å². The number of aromatic nitrogens is 1. The number of nitrogens with zero attached hydrogens (tertiary/aromatic N) is 1. The topological polar surface area (TPSA) is 62.4 Å². The van der Waals surface area contributed by atoms with E-state index in [2.05, 4.69) is 9.93 Å². The van der Waals surface area contributed by atoms with Crippen LogP contribution in [0.2, 0.25) is 0 Å². The van der Waals surface area contributed by atoms with Crippen LogP contribution in [0.1, 0.15) is 46.0 Å². The summed E-state index contributed by atoms with van der Waals surface area (Å²) in [5, 5.41) is 0. The Labute approximate surface area is 121 Å². The van der Waals surface area contributed by atoms with E-state index >= 15 is 0 Å². The summed E-state index contributed by atoms with van der Waals surface area (Å²) in [7, 11) is 0. The Bertz CT molecular complexity index is 473. The second-order valence-corrected chi connectivity index (χ2v) is 6.08. The number of Topliss-reactive ketones (excluding diaryl/α,β-unsaturated/α-hetero) is 1. The van der Waals surface area contributed by atoms with Crippen LogP contribution in [-0.4, -0.2) is 52.1 Å². The number of hydrogen-bond acceptors (Lipinski definition) is 4. The average molecular weight is 448 g/mol. The van der Waals surface area contributed by atoms with Crippen LogP contribution in [0.15, 0.2) is 0 Å². The summed E-state index contributed by atoms with van der Waals surface area (Å²) >= 11 is 0.764. The summed E-state index contributed by atoms with van der Waals surface area (Å²) in [5.74, 6) is -1.12. The molecule has 7 heteroatoms. The predicted octanol–water partition coefficient (Wildman–Crippen LogP) is 1.47. The predicted molar refractivity (Wildman–Crippen MR) is 63.9 cm³/mol. The van der Waals surface area contributed by atoms with Crippen LogP contribution in [0.25, 0.3) is 0 Å². The summed E-state index contributed by atoms with van der Waals surface area (Å²) in [6.45, 7) is 6.57. The van der Waals surface area contributed by atoms with Gasteiger partial charge in [-0.15, -0.1) is 0 Å². The Kier molecular flexibility index (Phi) is 5.45. The molecule has 2 rings (SSSR count). The van der Waals surface area contributed by atoms with E-state index in [1.165, 1.54) is 0 Å². The molecule has 2 heterocycles. The van der Waals surface area contributed by atoms with Crippen LogP contribution in [0.4, 0.5) is 4.53 Å². The molecule has 0 spiro atoms. The van der Waals surface area contributed by atoms with E-state index in [1.54, 1.807) is 6.92 Å². The summed E-state index contributed by atoms with van der Waals surface area (Å²) in [5.41, 5.74) is 1.67. The molecule has 0 fully saturated rings. The molecular formula is C11H14FN2O3Pb. The van der Waals surface area contributed by atoms with E-state index in [4.69, 9.17) is 0 Å². The molecule has 0 bridgehead atoms. The third kappa shape index (κ3) is 2.79. The van der Waals surface area contributed by atoms with Crippen LogP contribution in [0.3, 0.4) is 0 Å². The van der Waals surface area contributed by atoms with Crippen LogP contribution in [0, 0.1) is 6.92 Å². The first-order valence-corrected chi connectivity index (χ1v) is 7.32. The number of nitrogens with one attached hydrogen (secondary N) is 1. The Morgan fingerprint density at radius 3 is 2.61 bits per heavy atom. The first-order valence-electron chi connectivity index (χ1n) is 5.58. The van der Waals surface area contributed by atoms with Crippen molar-refractivity contribution in [3.8, 4) is 0 Å². The molecule has 1 aromatic rings. The number of rotatable bonds is 1. The number of carbonyl (C=O) groups excluding carboxylic acids is 2. The van der Waals surface area contributed by atoms with Crippen molar-refractivity contribution in [2.75, 3.05) is 6.54 Å². The zero-order chi connectivity index (χ0) is 13.9. The summed E-state index contributed by atoms with van der Waals surface area (Å²) < 4.78 is 13.8. The summed E-state index contributed by atoms with van der Waals surface area (Å²) in [4.78, 5) is 28.8. The van der Waals surface area contributed by atoms with Gasteiger partial charge in [-0.1, -0.05) is 13.8 Å². The van der Waals surface area contributed by atoms with Crippen LogP contribution in [0.5, 0.6) is 0 Å². The van der Waals surface area contributed by atoms with Crippen molar-refractivity contribution in [3.05, 3.63) is 22.5 Å². The molecule has 0 amide bonds. The Morgan fingerprint density at radius 1 is 1.44 bits per heavy atom. The zero-order valence-electron chi connectivity index (χ0n) is 10.5. The number of ketones is 1. The van der Waals surface area contributed by atoms with E-state index in [-0.39, 0.29) is 11.5 Å². The van der Waals surface area contributed by atoms with Crippen molar-refractivity contribution < 1.29 is 19.1 Å². The standard InChI is InChI=1S/C9H8FN2O3.C2H6.Pb/c1-4-7-5(2-11-3-6(7)13)12-8(4)9(14)15-10;1-2;/h12H,2-3H2,1H3;1-2H3;/q-1;;+1. The molecule has 0 saturated heterocycles. The molecule has 0 aliphatic carbocycles. The second kappa shape index (κ2) is 6.41. The van der Waals surface area contributed by atoms with Gasteiger partial charge in [-0.2, -0.15) is 0 Å². The van der Waals surface area contributed by atoms with Gasteiger partial charge in [0.25, 0.3) is 0 Å². The molecular weight excluding hydrogens is 434 g/mol. The SMILES string of the molecule is CC.Cc1c(C(=O)OF)[nH]c2c1C(=O)C[N]([Pb])C2. The Hall–Kier alpha value is -0.768. The van der Waals surface area contributed by atoms with Gasteiger partial charge in [-0.25, -0.2) is 0 Å². The Morgan fingerprint density at radius 2 is 2.06 bits per heavy atom. The van der Waals surface area contributed by atoms with Crippen molar-refractivity contribution in [3.63, 3.8) is 0 Å². The first kappa shape index (κ1) is 15.3. The van der Waals surface area contributed by atoms with Gasteiger partial charge in [0.05, 0.1) is 0 Å². The molecule has 0 aromatic carbocycles. The van der Waals surface area contributed by atoms with Crippen molar-refractivity contribution in [1.29, 1.82) is 0 Å². The Balaban J connectivity index is 0.000000771. The fourth-order valence-electron chi connectivity index (χ4n) is 1.90. The maximum atomic E-state index is 11.8. The molecule has 3 radical (unpaired) electrons. The minimum absolute atomic E-state index is 0.0258. The molecule has 0 saturated carbocycles. The minimum atomic E-state index is -1.08. The number of carbonyl (C=O) groups is 2. The fourth-order valence-corrected chi connectivity index (χ4v) is 3.07. The number of H-pyrrole nitrogens is 1. The van der Waals surface area contributed by atoms with E-state index < -0.39 is 5.97 Å². The van der Waals surface area contributed by atoms with Crippen molar-refractivity contribution >= 4 is 37.8 Å². The van der Waals surface area contributed by atoms with Gasteiger partial charge in [0.1, 0.15) is 0 Å². The molecule has 1 aliphatic heterocycles. The molecule has 1 aromatic heterocycles. The number of hydrogen-bond donors (Lipinski definition) is 1. The van der Waals surface area contributed by atoms with Gasteiger partial charge in [-0.3, -0.25) is 0 Å². The third-order valence-electron chi connectivity index (χ3n) is 2.56. The van der Waals surface area contributed by atoms with Crippen molar-refractivity contribution in [2.45, 2.75) is 27.3 Å². The average Bonchev–Trinajstić information content (AvgIpc) is 2.68. The van der Waals surface area contributed by atoms with Crippen LogP contribution in [-0.2, 0) is 11.5 Å². The molecule has 1 N–H and O–H groups in total. The third-order valence-corrected chi connectivity index (χ3v) is 3.79. The quantitative estimate of drug-likeness (QED) is 0.662. The molecule has 0 atom stereocenters. The molecule has 97 valence electrons. The molecule has 5 nitrogen and oxygen atoms in total. The van der Waals surface area contributed by atoms with Crippen LogP contribution < -0.4 is 0 Å². The van der Waals surface area contributed by atoms with Gasteiger partial charge in [0.2, 0.25) is 0 Å². The molecule has 18 heavy (non-hydrogen) atoms. The fraction of sp³-hybridized carbons (Fsp3) is 0.455. The maximum absolute atomic E-state index is 11.8. The van der Waals surface area contributed by atoms with E-state index in [9.17, 15) is 14.1 Å². The van der Waals surface area contributed by atoms with Crippen LogP contribution >= 0.6 is 0 Å². The molecule has 1 aliphatic rings. The van der Waals surface area contributed by atoms with Crippen molar-refractivity contribution in [1.82, 2.24) is 7.69 Å². The van der Waals surface area contributed by atoms with E-state index in [0.717, 1.165) is 26.1 Å². The van der Waals surface area contributed by atoms with E-state index in [0.29, 0.717) is 29.9 Å².